The van der Waals surface area contributed by atoms with Gasteiger partial charge in [0.25, 0.3) is 0 Å². The van der Waals surface area contributed by atoms with Crippen LogP contribution in [0.1, 0.15) is 32.3 Å². The van der Waals surface area contributed by atoms with E-state index in [2.05, 4.69) is 35.1 Å². The fourth-order valence-electron chi connectivity index (χ4n) is 2.33. The maximum Gasteiger partial charge on any atom is 0.244 e. The van der Waals surface area contributed by atoms with E-state index in [1.54, 1.807) is 6.07 Å². The van der Waals surface area contributed by atoms with Crippen LogP contribution in [-0.4, -0.2) is 18.4 Å². The molecule has 5 heteroatoms. The van der Waals surface area contributed by atoms with Gasteiger partial charge < -0.3 is 10.2 Å². The van der Waals surface area contributed by atoms with Crippen molar-refractivity contribution in [1.82, 2.24) is 0 Å². The summed E-state index contributed by atoms with van der Waals surface area (Å²) in [4.78, 5) is 25.7. The second-order valence-corrected chi connectivity index (χ2v) is 6.74. The van der Waals surface area contributed by atoms with Crippen LogP contribution in [0.4, 0.5) is 11.4 Å². The Kier molecular flexibility index (Phi) is 6.15. The van der Waals surface area contributed by atoms with Crippen LogP contribution in [0.5, 0.6) is 0 Å². The molecular formula is C19H21BrN2O2. The minimum Gasteiger partial charge on any atom is -0.325 e. The van der Waals surface area contributed by atoms with Crippen molar-refractivity contribution in [2.45, 2.75) is 26.7 Å². The first-order valence-corrected chi connectivity index (χ1v) is 8.60. The van der Waals surface area contributed by atoms with Gasteiger partial charge in [0.15, 0.2) is 0 Å². The van der Waals surface area contributed by atoms with Gasteiger partial charge in [-0.05, 0) is 51.7 Å². The molecule has 0 fully saturated rings. The molecule has 0 aliphatic heterocycles. The summed E-state index contributed by atoms with van der Waals surface area (Å²) in [6.07, 6.45) is 0. The van der Waals surface area contributed by atoms with E-state index in [-0.39, 0.29) is 18.4 Å². The van der Waals surface area contributed by atoms with Crippen LogP contribution in [-0.2, 0) is 9.59 Å². The van der Waals surface area contributed by atoms with Crippen molar-refractivity contribution in [3.05, 3.63) is 58.6 Å². The topological polar surface area (TPSA) is 49.4 Å². The fraction of sp³-hybridized carbons (Fsp3) is 0.263. The van der Waals surface area contributed by atoms with Crippen LogP contribution in [0.2, 0.25) is 0 Å². The van der Waals surface area contributed by atoms with E-state index in [1.165, 1.54) is 17.4 Å². The lowest BCUT2D eigenvalue weighted by molar-refractivity contribution is -0.120. The van der Waals surface area contributed by atoms with Crippen molar-refractivity contribution >= 4 is 39.1 Å². The number of hydrogen-bond donors (Lipinski definition) is 1. The predicted octanol–water partition coefficient (Wildman–Crippen LogP) is 4.56. The van der Waals surface area contributed by atoms with E-state index in [0.29, 0.717) is 11.6 Å². The van der Waals surface area contributed by atoms with E-state index in [9.17, 15) is 9.59 Å². The highest BCUT2D eigenvalue weighted by Gasteiger charge is 2.18. The molecule has 0 aliphatic rings. The normalized spacial score (nSPS) is 10.5. The molecule has 0 unspecified atom stereocenters. The van der Waals surface area contributed by atoms with E-state index in [0.717, 1.165) is 10.2 Å². The van der Waals surface area contributed by atoms with E-state index in [4.69, 9.17) is 0 Å². The SMILES string of the molecule is CC(=O)N(CC(=O)Nc1ccc(C(C)C)cc1)c1ccccc1Br. The molecule has 0 saturated carbocycles. The van der Waals surface area contributed by atoms with E-state index in [1.807, 2.05) is 42.5 Å². The highest BCUT2D eigenvalue weighted by atomic mass is 79.9. The standard InChI is InChI=1S/C19H21BrN2O2/c1-13(2)15-8-10-16(11-9-15)21-19(24)12-22(14(3)23)18-7-5-4-6-17(18)20/h4-11,13H,12H2,1-3H3,(H,21,24). The summed E-state index contributed by atoms with van der Waals surface area (Å²) in [5, 5.41) is 2.83. The minimum absolute atomic E-state index is 0.0378. The molecule has 0 heterocycles. The average Bonchev–Trinajstić information content (AvgIpc) is 2.53. The van der Waals surface area contributed by atoms with Crippen LogP contribution in [0.3, 0.4) is 0 Å². The number of benzene rings is 2. The number of nitrogens with one attached hydrogen (secondary N) is 1. The number of rotatable bonds is 5. The Labute approximate surface area is 151 Å². The van der Waals surface area contributed by atoms with Crippen LogP contribution in [0.15, 0.2) is 53.0 Å². The number of amides is 2. The largest absolute Gasteiger partial charge is 0.325 e. The number of para-hydroxylation sites is 1. The molecule has 126 valence electrons. The number of anilines is 2. The first kappa shape index (κ1) is 18.2. The zero-order chi connectivity index (χ0) is 17.7. The van der Waals surface area contributed by atoms with Gasteiger partial charge in [-0.15, -0.1) is 0 Å². The third kappa shape index (κ3) is 4.68. The zero-order valence-corrected chi connectivity index (χ0v) is 15.6. The molecule has 0 atom stereocenters. The minimum atomic E-state index is -0.238. The lowest BCUT2D eigenvalue weighted by Crippen LogP contribution is -2.36. The molecule has 0 saturated heterocycles. The van der Waals surface area contributed by atoms with E-state index >= 15 is 0 Å². The second-order valence-electron chi connectivity index (χ2n) is 5.88. The molecule has 2 amide bonds. The van der Waals surface area contributed by atoms with Crippen molar-refractivity contribution < 1.29 is 9.59 Å². The van der Waals surface area contributed by atoms with Gasteiger partial charge in [0, 0.05) is 17.1 Å². The maximum absolute atomic E-state index is 12.3. The molecular weight excluding hydrogens is 368 g/mol. The summed E-state index contributed by atoms with van der Waals surface area (Å²) >= 11 is 3.42. The molecule has 0 aromatic heterocycles. The first-order chi connectivity index (χ1) is 11.4. The number of carbonyl (C=O) groups excluding carboxylic acids is 2. The van der Waals surface area contributed by atoms with E-state index < -0.39 is 0 Å². The first-order valence-electron chi connectivity index (χ1n) is 7.81. The molecule has 0 bridgehead atoms. The Balaban J connectivity index is 2.09. The summed E-state index contributed by atoms with van der Waals surface area (Å²) in [6.45, 7) is 5.65. The Morgan fingerprint density at radius 1 is 1.08 bits per heavy atom. The van der Waals surface area contributed by atoms with Crippen LogP contribution in [0, 0.1) is 0 Å². The van der Waals surface area contributed by atoms with Gasteiger partial charge in [-0.2, -0.15) is 0 Å². The number of carbonyl (C=O) groups is 2. The highest BCUT2D eigenvalue weighted by Crippen LogP contribution is 2.26. The average molecular weight is 389 g/mol. The van der Waals surface area contributed by atoms with Crippen LogP contribution < -0.4 is 10.2 Å². The van der Waals surface area contributed by atoms with Gasteiger partial charge in [-0.1, -0.05) is 38.1 Å². The molecule has 0 spiro atoms. The van der Waals surface area contributed by atoms with Crippen LogP contribution in [0.25, 0.3) is 0 Å². The predicted molar refractivity (Wildman–Crippen MR) is 101 cm³/mol. The van der Waals surface area contributed by atoms with Crippen molar-refractivity contribution in [2.24, 2.45) is 0 Å². The van der Waals surface area contributed by atoms with Crippen LogP contribution >= 0.6 is 15.9 Å². The lowest BCUT2D eigenvalue weighted by atomic mass is 10.0. The zero-order valence-electron chi connectivity index (χ0n) is 14.0. The molecule has 2 aromatic rings. The summed E-state index contributed by atoms with van der Waals surface area (Å²) in [5.74, 6) is 0.0174. The van der Waals surface area contributed by atoms with Crippen molar-refractivity contribution in [3.63, 3.8) is 0 Å². The molecule has 0 aliphatic carbocycles. The molecule has 0 radical (unpaired) electrons. The molecule has 4 nitrogen and oxygen atoms in total. The number of nitrogens with zero attached hydrogens (tertiary/aromatic N) is 1. The van der Waals surface area contributed by atoms with Gasteiger partial charge in [-0.3, -0.25) is 9.59 Å². The molecule has 2 rings (SSSR count). The Morgan fingerprint density at radius 2 is 1.71 bits per heavy atom. The van der Waals surface area contributed by atoms with Crippen molar-refractivity contribution in [3.8, 4) is 0 Å². The molecule has 24 heavy (non-hydrogen) atoms. The summed E-state index contributed by atoms with van der Waals surface area (Å²) < 4.78 is 0.772. The van der Waals surface area contributed by atoms with Gasteiger partial charge in [0.2, 0.25) is 11.8 Å². The number of hydrogen-bond acceptors (Lipinski definition) is 2. The summed E-state index contributed by atoms with van der Waals surface area (Å²) in [6, 6.07) is 15.1. The third-order valence-corrected chi connectivity index (χ3v) is 4.36. The van der Waals surface area contributed by atoms with Gasteiger partial charge in [-0.25, -0.2) is 0 Å². The second kappa shape index (κ2) is 8.11. The molecule has 1 N–H and O–H groups in total. The van der Waals surface area contributed by atoms with Crippen molar-refractivity contribution in [1.29, 1.82) is 0 Å². The highest BCUT2D eigenvalue weighted by molar-refractivity contribution is 9.10. The Morgan fingerprint density at radius 3 is 2.25 bits per heavy atom. The maximum atomic E-state index is 12.3. The Bertz CT molecular complexity index is 726. The van der Waals surface area contributed by atoms with Gasteiger partial charge >= 0.3 is 0 Å². The smallest absolute Gasteiger partial charge is 0.244 e. The summed E-state index contributed by atoms with van der Waals surface area (Å²) in [7, 11) is 0. The van der Waals surface area contributed by atoms with Gasteiger partial charge in [0.05, 0.1) is 5.69 Å². The van der Waals surface area contributed by atoms with Crippen molar-refractivity contribution in [2.75, 3.05) is 16.8 Å². The Hall–Kier alpha value is -2.14. The quantitative estimate of drug-likeness (QED) is 0.815. The molecule has 2 aromatic carbocycles. The fourth-order valence-corrected chi connectivity index (χ4v) is 2.83. The summed E-state index contributed by atoms with van der Waals surface area (Å²) in [5.41, 5.74) is 2.61. The third-order valence-electron chi connectivity index (χ3n) is 3.69. The number of halogens is 1. The lowest BCUT2D eigenvalue weighted by Gasteiger charge is -2.22. The monoisotopic (exact) mass is 388 g/mol. The van der Waals surface area contributed by atoms with Gasteiger partial charge in [0.1, 0.15) is 6.54 Å².